The Morgan fingerprint density at radius 2 is 1.38 bits per heavy atom. The van der Waals surface area contributed by atoms with E-state index in [0.717, 1.165) is 16.5 Å². The fourth-order valence-electron chi connectivity index (χ4n) is 4.15. The van der Waals surface area contributed by atoms with Crippen LogP contribution in [0, 0.1) is 0 Å². The van der Waals surface area contributed by atoms with E-state index in [-0.39, 0.29) is 18.6 Å². The number of fused-ring (bicyclic) bond motifs is 1. The minimum Gasteiger partial charge on any atom is -0.480 e. The van der Waals surface area contributed by atoms with Crippen molar-refractivity contribution in [1.29, 1.82) is 0 Å². The molecule has 1 heterocycles. The van der Waals surface area contributed by atoms with Gasteiger partial charge in [-0.1, -0.05) is 18.2 Å². The Morgan fingerprint density at radius 3 is 1.92 bits per heavy atom. The summed E-state index contributed by atoms with van der Waals surface area (Å²) in [6.45, 7) is 0.829. The number of carbonyl (C=O) groups is 4. The van der Waals surface area contributed by atoms with E-state index in [9.17, 15) is 24.3 Å². The van der Waals surface area contributed by atoms with E-state index in [1.165, 1.54) is 0 Å². The minimum atomic E-state index is -1.22. The Hall–Kier alpha value is -3.13. The predicted octanol–water partition coefficient (Wildman–Crippen LogP) is -0.235. The van der Waals surface area contributed by atoms with Crippen molar-refractivity contribution in [3.63, 3.8) is 0 Å². The van der Waals surface area contributed by atoms with Crippen LogP contribution in [-0.2, 0) is 25.6 Å². The molecular formula is C26H41N7O5S. The van der Waals surface area contributed by atoms with Crippen LogP contribution in [0.2, 0.25) is 0 Å². The van der Waals surface area contributed by atoms with Crippen LogP contribution in [0.15, 0.2) is 30.5 Å². The number of thiol groups is 1. The molecule has 2 rings (SSSR count). The molecule has 1 aromatic heterocycles. The number of para-hydroxylation sites is 1. The number of carbonyl (C=O) groups excluding carboxylic acids is 3. The van der Waals surface area contributed by atoms with Crippen LogP contribution in [0.1, 0.15) is 44.1 Å². The maximum absolute atomic E-state index is 13.3. The number of hydrogen-bond acceptors (Lipinski definition) is 8. The quantitative estimate of drug-likeness (QED) is 0.0868. The standard InChI is InChI=1S/C26H41N7O5S/c27-11-5-3-9-20(31-23(34)18(29)15-39)24(35)32-21(10-4-6-12-28)25(36)33-22(26(37)38)13-16-14-30-19-8-2-1-7-17(16)19/h1-2,7-8,14,18,20-22,30,39H,3-6,9-13,15,27-29H2,(H,31,34)(H,32,35)(H,33,36)(H,37,38). The molecule has 3 amide bonds. The minimum absolute atomic E-state index is 0.0495. The molecule has 0 bridgehead atoms. The number of aromatic amines is 1. The SMILES string of the molecule is NCCCCC(NC(=O)C(N)CS)C(=O)NC(CCCCN)C(=O)NC(Cc1c[nH]c2ccccc12)C(=O)O. The molecule has 39 heavy (non-hydrogen) atoms. The highest BCUT2D eigenvalue weighted by Crippen LogP contribution is 2.19. The van der Waals surface area contributed by atoms with Gasteiger partial charge in [-0.25, -0.2) is 4.79 Å². The summed E-state index contributed by atoms with van der Waals surface area (Å²) >= 11 is 4.03. The summed E-state index contributed by atoms with van der Waals surface area (Å²) in [6.07, 6.45) is 4.67. The Kier molecular flexibility index (Phi) is 13.8. The van der Waals surface area contributed by atoms with Crippen LogP contribution in [0.3, 0.4) is 0 Å². The zero-order valence-corrected chi connectivity index (χ0v) is 22.9. The van der Waals surface area contributed by atoms with Crippen molar-refractivity contribution in [3.05, 3.63) is 36.0 Å². The van der Waals surface area contributed by atoms with Gasteiger partial charge >= 0.3 is 5.97 Å². The van der Waals surface area contributed by atoms with Gasteiger partial charge in [-0.3, -0.25) is 14.4 Å². The molecule has 11 N–H and O–H groups in total. The molecule has 0 fully saturated rings. The molecular weight excluding hydrogens is 522 g/mol. The number of aromatic nitrogens is 1. The number of unbranched alkanes of at least 4 members (excludes halogenated alkanes) is 2. The number of carboxylic acid groups (broad SMARTS) is 1. The van der Waals surface area contributed by atoms with Gasteiger partial charge in [0.15, 0.2) is 0 Å². The lowest BCUT2D eigenvalue weighted by atomic mass is 10.0. The van der Waals surface area contributed by atoms with Crippen molar-refractivity contribution in [2.45, 2.75) is 69.1 Å². The number of benzene rings is 1. The summed E-state index contributed by atoms with van der Waals surface area (Å²) in [4.78, 5) is 54.0. The van der Waals surface area contributed by atoms with Gasteiger partial charge in [0.1, 0.15) is 18.1 Å². The van der Waals surface area contributed by atoms with Crippen molar-refractivity contribution in [3.8, 4) is 0 Å². The second-order valence-corrected chi connectivity index (χ2v) is 9.81. The first kappa shape index (κ1) is 32.1. The molecule has 0 aliphatic carbocycles. The molecule has 13 heteroatoms. The molecule has 0 radical (unpaired) electrons. The molecule has 0 saturated carbocycles. The second-order valence-electron chi connectivity index (χ2n) is 9.44. The number of nitrogens with two attached hydrogens (primary N) is 3. The van der Waals surface area contributed by atoms with Crippen LogP contribution >= 0.6 is 12.6 Å². The van der Waals surface area contributed by atoms with Gasteiger partial charge in [-0.15, -0.1) is 0 Å². The lowest BCUT2D eigenvalue weighted by Crippen LogP contribution is -2.57. The first-order chi connectivity index (χ1) is 18.7. The van der Waals surface area contributed by atoms with Gasteiger partial charge in [0, 0.05) is 29.3 Å². The fraction of sp³-hybridized carbons (Fsp3) is 0.538. The van der Waals surface area contributed by atoms with Crippen LogP contribution in [0.25, 0.3) is 10.9 Å². The first-order valence-electron chi connectivity index (χ1n) is 13.2. The topological polar surface area (TPSA) is 218 Å². The van der Waals surface area contributed by atoms with Gasteiger partial charge in [0.25, 0.3) is 0 Å². The van der Waals surface area contributed by atoms with Crippen LogP contribution in [-0.4, -0.2) is 76.8 Å². The second kappa shape index (κ2) is 16.7. The van der Waals surface area contributed by atoms with Crippen LogP contribution in [0.4, 0.5) is 0 Å². The highest BCUT2D eigenvalue weighted by Gasteiger charge is 2.30. The molecule has 4 atom stereocenters. The van der Waals surface area contributed by atoms with E-state index >= 15 is 0 Å². The molecule has 1 aromatic carbocycles. The number of hydrogen-bond donors (Lipinski definition) is 9. The van der Waals surface area contributed by atoms with Crippen molar-refractivity contribution >= 4 is 47.2 Å². The third kappa shape index (κ3) is 10.2. The number of nitrogens with one attached hydrogen (secondary N) is 4. The van der Waals surface area contributed by atoms with Crippen molar-refractivity contribution in [1.82, 2.24) is 20.9 Å². The number of aliphatic carboxylic acids is 1. The van der Waals surface area contributed by atoms with E-state index in [1.807, 2.05) is 24.3 Å². The van der Waals surface area contributed by atoms with Crippen molar-refractivity contribution in [2.24, 2.45) is 17.2 Å². The summed E-state index contributed by atoms with van der Waals surface area (Å²) in [5, 5.41) is 18.6. The van der Waals surface area contributed by atoms with Gasteiger partial charge in [-0.2, -0.15) is 12.6 Å². The highest BCUT2D eigenvalue weighted by molar-refractivity contribution is 7.80. The molecule has 12 nitrogen and oxygen atoms in total. The molecule has 0 spiro atoms. The van der Waals surface area contributed by atoms with Gasteiger partial charge in [0.05, 0.1) is 6.04 Å². The van der Waals surface area contributed by atoms with Crippen LogP contribution < -0.4 is 33.2 Å². The van der Waals surface area contributed by atoms with Crippen LogP contribution in [0.5, 0.6) is 0 Å². The van der Waals surface area contributed by atoms with Gasteiger partial charge in [0.2, 0.25) is 17.7 Å². The number of amides is 3. The molecule has 0 aliphatic rings. The maximum atomic E-state index is 13.3. The van der Waals surface area contributed by atoms with E-state index in [2.05, 4.69) is 33.6 Å². The number of carboxylic acids is 1. The maximum Gasteiger partial charge on any atom is 0.326 e. The highest BCUT2D eigenvalue weighted by atomic mass is 32.1. The average Bonchev–Trinajstić information content (AvgIpc) is 3.33. The summed E-state index contributed by atoms with van der Waals surface area (Å²) in [5.74, 6) is -2.84. The molecule has 216 valence electrons. The normalized spacial score (nSPS) is 14.3. The first-order valence-corrected chi connectivity index (χ1v) is 13.8. The monoisotopic (exact) mass is 563 g/mol. The molecule has 4 unspecified atom stereocenters. The van der Waals surface area contributed by atoms with E-state index < -0.39 is 47.9 Å². The smallest absolute Gasteiger partial charge is 0.326 e. The lowest BCUT2D eigenvalue weighted by Gasteiger charge is -2.25. The number of rotatable bonds is 18. The van der Waals surface area contributed by atoms with E-state index in [0.29, 0.717) is 45.2 Å². The Labute approximate surface area is 233 Å². The fourth-order valence-corrected chi connectivity index (χ4v) is 4.32. The summed E-state index contributed by atoms with van der Waals surface area (Å²) in [6, 6.07) is 3.37. The lowest BCUT2D eigenvalue weighted by molar-refractivity contribution is -0.142. The van der Waals surface area contributed by atoms with Crippen molar-refractivity contribution < 1.29 is 24.3 Å². The molecule has 2 aromatic rings. The average molecular weight is 564 g/mol. The summed E-state index contributed by atoms with van der Waals surface area (Å²) in [5.41, 5.74) is 18.5. The zero-order valence-electron chi connectivity index (χ0n) is 22.0. The van der Waals surface area contributed by atoms with Crippen molar-refractivity contribution in [2.75, 3.05) is 18.8 Å². The third-order valence-electron chi connectivity index (χ3n) is 6.41. The molecule has 0 saturated heterocycles. The Balaban J connectivity index is 2.17. The third-order valence-corrected chi connectivity index (χ3v) is 6.80. The Morgan fingerprint density at radius 1 is 0.846 bits per heavy atom. The largest absolute Gasteiger partial charge is 0.480 e. The number of H-pyrrole nitrogens is 1. The van der Waals surface area contributed by atoms with E-state index in [4.69, 9.17) is 17.2 Å². The Bertz CT molecular complexity index is 1100. The van der Waals surface area contributed by atoms with E-state index in [1.54, 1.807) is 6.20 Å². The summed E-state index contributed by atoms with van der Waals surface area (Å²) < 4.78 is 0. The van der Waals surface area contributed by atoms with Gasteiger partial charge in [-0.05, 0) is 63.2 Å². The molecule has 0 aliphatic heterocycles. The summed E-state index contributed by atoms with van der Waals surface area (Å²) in [7, 11) is 0. The van der Waals surface area contributed by atoms with Gasteiger partial charge < -0.3 is 43.2 Å². The zero-order chi connectivity index (χ0) is 28.8. The predicted molar refractivity (Wildman–Crippen MR) is 153 cm³/mol.